The highest BCUT2D eigenvalue weighted by Crippen LogP contribution is 2.14. The lowest BCUT2D eigenvalue weighted by Gasteiger charge is -2.12. The van der Waals surface area contributed by atoms with Crippen LogP contribution in [-0.2, 0) is 17.9 Å². The molecule has 0 aromatic carbocycles. The molecular formula is C14H25NO2. The van der Waals surface area contributed by atoms with Gasteiger partial charge in [-0.1, -0.05) is 32.6 Å². The lowest BCUT2D eigenvalue weighted by atomic mass is 10.1. The third-order valence-corrected chi connectivity index (χ3v) is 3.01. The molecule has 0 aliphatic carbocycles. The molecule has 0 radical (unpaired) electrons. The summed E-state index contributed by atoms with van der Waals surface area (Å²) in [5, 5.41) is 0. The number of nitrogens with two attached hydrogens (primary N) is 1. The summed E-state index contributed by atoms with van der Waals surface area (Å²) in [6.07, 6.45) is 8.29. The molecular weight excluding hydrogens is 214 g/mol. The van der Waals surface area contributed by atoms with Crippen molar-refractivity contribution in [2.24, 2.45) is 5.73 Å². The zero-order chi connectivity index (χ0) is 12.5. The van der Waals surface area contributed by atoms with Gasteiger partial charge in [0.2, 0.25) is 0 Å². The van der Waals surface area contributed by atoms with E-state index in [4.69, 9.17) is 14.9 Å². The second-order valence-electron chi connectivity index (χ2n) is 4.54. The number of rotatable bonds is 9. The molecule has 1 aromatic heterocycles. The van der Waals surface area contributed by atoms with Gasteiger partial charge in [0.25, 0.3) is 0 Å². The molecule has 0 saturated heterocycles. The summed E-state index contributed by atoms with van der Waals surface area (Å²) in [4.78, 5) is 0. The number of unbranched alkanes of at least 4 members (excludes halogenated alkanes) is 3. The number of hydrogen-bond acceptors (Lipinski definition) is 3. The highest BCUT2D eigenvalue weighted by molar-refractivity contribution is 5.15. The van der Waals surface area contributed by atoms with Crippen molar-refractivity contribution in [3.05, 3.63) is 23.7 Å². The van der Waals surface area contributed by atoms with Crippen molar-refractivity contribution < 1.29 is 9.15 Å². The van der Waals surface area contributed by atoms with Crippen molar-refractivity contribution in [2.45, 2.75) is 65.2 Å². The molecule has 1 rings (SSSR count). The highest BCUT2D eigenvalue weighted by Gasteiger charge is 2.07. The molecule has 98 valence electrons. The van der Waals surface area contributed by atoms with Gasteiger partial charge in [-0.2, -0.15) is 0 Å². The van der Waals surface area contributed by atoms with E-state index in [0.717, 1.165) is 17.7 Å². The standard InChI is InChI=1S/C14H25NO2/c1-3-4-5-6-7-12(2)17-11-13-8-9-16-14(13)10-15/h8-9,12H,3-7,10-11,15H2,1-2H3. The first-order valence-electron chi connectivity index (χ1n) is 6.64. The van der Waals surface area contributed by atoms with Crippen molar-refractivity contribution in [1.29, 1.82) is 0 Å². The van der Waals surface area contributed by atoms with Gasteiger partial charge in [-0.25, -0.2) is 0 Å². The Morgan fingerprint density at radius 2 is 2.18 bits per heavy atom. The van der Waals surface area contributed by atoms with Gasteiger partial charge >= 0.3 is 0 Å². The Bertz CT molecular complexity index is 296. The maximum absolute atomic E-state index is 5.79. The fraction of sp³-hybridized carbons (Fsp3) is 0.714. The van der Waals surface area contributed by atoms with Gasteiger partial charge in [0.1, 0.15) is 5.76 Å². The van der Waals surface area contributed by atoms with Crippen molar-refractivity contribution in [2.75, 3.05) is 0 Å². The Kier molecular flexibility index (Phi) is 6.97. The number of furan rings is 1. The molecule has 0 fully saturated rings. The Labute approximate surface area is 104 Å². The van der Waals surface area contributed by atoms with Gasteiger partial charge in [0, 0.05) is 5.56 Å². The molecule has 3 heteroatoms. The van der Waals surface area contributed by atoms with E-state index in [1.54, 1.807) is 6.26 Å². The van der Waals surface area contributed by atoms with E-state index >= 15 is 0 Å². The first-order valence-corrected chi connectivity index (χ1v) is 6.64. The van der Waals surface area contributed by atoms with Crippen LogP contribution in [-0.4, -0.2) is 6.10 Å². The van der Waals surface area contributed by atoms with E-state index in [2.05, 4.69) is 13.8 Å². The van der Waals surface area contributed by atoms with Crippen LogP contribution in [0.4, 0.5) is 0 Å². The van der Waals surface area contributed by atoms with E-state index in [-0.39, 0.29) is 0 Å². The Balaban J connectivity index is 2.17. The van der Waals surface area contributed by atoms with Crippen molar-refractivity contribution in [3.63, 3.8) is 0 Å². The van der Waals surface area contributed by atoms with Gasteiger partial charge in [-0.05, 0) is 19.4 Å². The van der Waals surface area contributed by atoms with Crippen LogP contribution in [0.15, 0.2) is 16.7 Å². The van der Waals surface area contributed by atoms with Crippen LogP contribution < -0.4 is 5.73 Å². The zero-order valence-corrected chi connectivity index (χ0v) is 11.1. The Morgan fingerprint density at radius 3 is 2.88 bits per heavy atom. The van der Waals surface area contributed by atoms with Crippen LogP contribution in [0.2, 0.25) is 0 Å². The summed E-state index contributed by atoms with van der Waals surface area (Å²) in [6.45, 7) is 5.41. The van der Waals surface area contributed by atoms with Crippen LogP contribution in [0.25, 0.3) is 0 Å². The normalized spacial score (nSPS) is 12.9. The van der Waals surface area contributed by atoms with Crippen LogP contribution in [0, 0.1) is 0 Å². The van der Waals surface area contributed by atoms with Crippen LogP contribution in [0.3, 0.4) is 0 Å². The van der Waals surface area contributed by atoms with Crippen LogP contribution >= 0.6 is 0 Å². The minimum Gasteiger partial charge on any atom is -0.468 e. The summed E-state index contributed by atoms with van der Waals surface area (Å²) in [7, 11) is 0. The molecule has 1 unspecified atom stereocenters. The van der Waals surface area contributed by atoms with Crippen molar-refractivity contribution >= 4 is 0 Å². The average molecular weight is 239 g/mol. The van der Waals surface area contributed by atoms with E-state index in [1.165, 1.54) is 25.7 Å². The molecule has 0 saturated carbocycles. The largest absolute Gasteiger partial charge is 0.468 e. The quantitative estimate of drug-likeness (QED) is 0.670. The lowest BCUT2D eigenvalue weighted by Crippen LogP contribution is -2.09. The molecule has 3 nitrogen and oxygen atoms in total. The topological polar surface area (TPSA) is 48.4 Å². The molecule has 2 N–H and O–H groups in total. The minimum absolute atomic E-state index is 0.312. The maximum Gasteiger partial charge on any atom is 0.122 e. The molecule has 1 atom stereocenters. The van der Waals surface area contributed by atoms with Crippen molar-refractivity contribution in [1.82, 2.24) is 0 Å². The summed E-state index contributed by atoms with van der Waals surface area (Å²) < 4.78 is 11.0. The van der Waals surface area contributed by atoms with E-state index in [9.17, 15) is 0 Å². The number of hydrogen-bond donors (Lipinski definition) is 1. The molecule has 1 heterocycles. The second-order valence-corrected chi connectivity index (χ2v) is 4.54. The van der Waals surface area contributed by atoms with Crippen LogP contribution in [0.5, 0.6) is 0 Å². The van der Waals surface area contributed by atoms with Gasteiger partial charge in [0.05, 0.1) is 25.5 Å². The predicted octanol–water partition coefficient (Wildman–Crippen LogP) is 3.61. The molecule has 0 aliphatic rings. The molecule has 0 bridgehead atoms. The zero-order valence-electron chi connectivity index (χ0n) is 11.1. The van der Waals surface area contributed by atoms with Gasteiger partial charge in [0.15, 0.2) is 0 Å². The summed E-state index contributed by atoms with van der Waals surface area (Å²) in [5.41, 5.74) is 6.64. The van der Waals surface area contributed by atoms with Gasteiger partial charge < -0.3 is 14.9 Å². The van der Waals surface area contributed by atoms with E-state index in [1.807, 2.05) is 6.07 Å². The second kappa shape index (κ2) is 8.31. The molecule has 0 aliphatic heterocycles. The molecule has 0 amide bonds. The summed E-state index contributed by atoms with van der Waals surface area (Å²) >= 11 is 0. The van der Waals surface area contributed by atoms with E-state index < -0.39 is 0 Å². The SMILES string of the molecule is CCCCCCC(C)OCc1ccoc1CN. The maximum atomic E-state index is 5.79. The number of ether oxygens (including phenoxy) is 1. The fourth-order valence-electron chi connectivity index (χ4n) is 1.85. The third kappa shape index (κ3) is 5.37. The minimum atomic E-state index is 0.312. The Hall–Kier alpha value is -0.800. The first-order chi connectivity index (χ1) is 8.27. The van der Waals surface area contributed by atoms with E-state index in [0.29, 0.717) is 19.3 Å². The van der Waals surface area contributed by atoms with Gasteiger partial charge in [-0.3, -0.25) is 0 Å². The monoisotopic (exact) mass is 239 g/mol. The molecule has 0 spiro atoms. The Morgan fingerprint density at radius 1 is 1.35 bits per heavy atom. The smallest absolute Gasteiger partial charge is 0.122 e. The lowest BCUT2D eigenvalue weighted by molar-refractivity contribution is 0.0451. The van der Waals surface area contributed by atoms with Gasteiger partial charge in [-0.15, -0.1) is 0 Å². The molecule has 1 aromatic rings. The predicted molar refractivity (Wildman–Crippen MR) is 69.6 cm³/mol. The molecule has 17 heavy (non-hydrogen) atoms. The fourth-order valence-corrected chi connectivity index (χ4v) is 1.85. The summed E-state index contributed by atoms with van der Waals surface area (Å²) in [6, 6.07) is 1.94. The highest BCUT2D eigenvalue weighted by atomic mass is 16.5. The summed E-state index contributed by atoms with van der Waals surface area (Å²) in [5.74, 6) is 0.836. The van der Waals surface area contributed by atoms with Crippen LogP contribution in [0.1, 0.15) is 57.3 Å². The first kappa shape index (κ1) is 14.3. The van der Waals surface area contributed by atoms with Crippen molar-refractivity contribution in [3.8, 4) is 0 Å². The average Bonchev–Trinajstić information content (AvgIpc) is 2.79. The third-order valence-electron chi connectivity index (χ3n) is 3.01.